The minimum Gasteiger partial charge on any atom is -0.380 e. The summed E-state index contributed by atoms with van der Waals surface area (Å²) in [6, 6.07) is 8.38. The van der Waals surface area contributed by atoms with Crippen molar-refractivity contribution in [2.24, 2.45) is 0 Å². The number of nitrogens with one attached hydrogen (secondary N) is 1. The summed E-state index contributed by atoms with van der Waals surface area (Å²) in [5.74, 6) is -0.870. The van der Waals surface area contributed by atoms with Gasteiger partial charge in [0.15, 0.2) is 0 Å². The number of carbonyl (C=O) groups is 1. The summed E-state index contributed by atoms with van der Waals surface area (Å²) in [6.07, 6.45) is 1.23. The molecule has 0 radical (unpaired) electrons. The number of non-ortho nitro benzene ring substituents is 1. The van der Waals surface area contributed by atoms with Crippen LogP contribution in [0.1, 0.15) is 23.2 Å². The van der Waals surface area contributed by atoms with Gasteiger partial charge in [0.1, 0.15) is 5.82 Å². The first-order chi connectivity index (χ1) is 12.9. The molecule has 6 nitrogen and oxygen atoms in total. The SMILES string of the molecule is O=C(c1ccccc1F)N1CCC(Nc2c(Cl)cc([N+](=O)[O-])cc2Cl)CC1. The van der Waals surface area contributed by atoms with Crippen LogP contribution in [0.25, 0.3) is 0 Å². The fourth-order valence-electron chi connectivity index (χ4n) is 3.04. The van der Waals surface area contributed by atoms with Gasteiger partial charge in [-0.25, -0.2) is 4.39 Å². The van der Waals surface area contributed by atoms with E-state index in [4.69, 9.17) is 23.2 Å². The number of nitro groups is 1. The van der Waals surface area contributed by atoms with Gasteiger partial charge in [0.25, 0.3) is 11.6 Å². The Labute approximate surface area is 165 Å². The van der Waals surface area contributed by atoms with Crippen LogP contribution in [0, 0.1) is 15.9 Å². The third-order valence-electron chi connectivity index (χ3n) is 4.47. The van der Waals surface area contributed by atoms with E-state index in [1.54, 1.807) is 17.0 Å². The molecule has 0 aromatic heterocycles. The highest BCUT2D eigenvalue weighted by Gasteiger charge is 2.26. The van der Waals surface area contributed by atoms with Crippen molar-refractivity contribution in [3.63, 3.8) is 0 Å². The maximum atomic E-state index is 13.8. The van der Waals surface area contributed by atoms with Crippen molar-refractivity contribution in [1.82, 2.24) is 4.90 Å². The molecule has 0 unspecified atom stereocenters. The molecule has 27 heavy (non-hydrogen) atoms. The number of hydrogen-bond acceptors (Lipinski definition) is 4. The first-order valence-electron chi connectivity index (χ1n) is 8.30. The lowest BCUT2D eigenvalue weighted by atomic mass is 10.0. The van der Waals surface area contributed by atoms with Crippen molar-refractivity contribution < 1.29 is 14.1 Å². The Morgan fingerprint density at radius 1 is 1.19 bits per heavy atom. The number of piperidine rings is 1. The number of carbonyl (C=O) groups excluding carboxylic acids is 1. The van der Waals surface area contributed by atoms with Gasteiger partial charge in [0.05, 0.1) is 26.2 Å². The summed E-state index contributed by atoms with van der Waals surface area (Å²) in [6.45, 7) is 0.903. The van der Waals surface area contributed by atoms with E-state index < -0.39 is 10.7 Å². The van der Waals surface area contributed by atoms with Crippen molar-refractivity contribution in [2.75, 3.05) is 18.4 Å². The summed E-state index contributed by atoms with van der Waals surface area (Å²) >= 11 is 12.2. The molecule has 9 heteroatoms. The highest BCUT2D eigenvalue weighted by molar-refractivity contribution is 6.39. The summed E-state index contributed by atoms with van der Waals surface area (Å²) in [4.78, 5) is 24.4. The standard InChI is InChI=1S/C18H16Cl2FN3O3/c19-14-9-12(24(26)27)10-15(20)17(14)22-11-5-7-23(8-6-11)18(25)13-3-1-2-4-16(13)21/h1-4,9-11,22H,5-8H2. The first-order valence-corrected chi connectivity index (χ1v) is 9.06. The lowest BCUT2D eigenvalue weighted by Gasteiger charge is -2.33. The minimum absolute atomic E-state index is 0.00822. The number of anilines is 1. The van der Waals surface area contributed by atoms with E-state index in [0.717, 1.165) is 0 Å². The van der Waals surface area contributed by atoms with Gasteiger partial charge in [-0.1, -0.05) is 35.3 Å². The number of benzene rings is 2. The predicted octanol–water partition coefficient (Wildman–Crippen LogP) is 4.76. The number of nitro benzene ring substituents is 1. The highest BCUT2D eigenvalue weighted by atomic mass is 35.5. The number of nitrogens with zero attached hydrogens (tertiary/aromatic N) is 2. The molecule has 2 aromatic carbocycles. The van der Waals surface area contributed by atoms with E-state index in [1.165, 1.54) is 24.3 Å². The number of amides is 1. The molecule has 0 aliphatic carbocycles. The zero-order chi connectivity index (χ0) is 19.6. The summed E-state index contributed by atoms with van der Waals surface area (Å²) < 4.78 is 13.8. The molecule has 142 valence electrons. The second-order valence-electron chi connectivity index (χ2n) is 6.23. The van der Waals surface area contributed by atoms with E-state index in [2.05, 4.69) is 5.32 Å². The predicted molar refractivity (Wildman–Crippen MR) is 102 cm³/mol. The Morgan fingerprint density at radius 3 is 2.33 bits per heavy atom. The molecule has 2 aromatic rings. The average molecular weight is 412 g/mol. The topological polar surface area (TPSA) is 75.5 Å². The van der Waals surface area contributed by atoms with Gasteiger partial charge in [-0.15, -0.1) is 0 Å². The van der Waals surface area contributed by atoms with Crippen molar-refractivity contribution >= 4 is 40.5 Å². The first kappa shape index (κ1) is 19.4. The molecule has 0 bridgehead atoms. The van der Waals surface area contributed by atoms with E-state index in [-0.39, 0.29) is 33.2 Å². The van der Waals surface area contributed by atoms with Crippen LogP contribution in [0.4, 0.5) is 15.8 Å². The summed E-state index contributed by atoms with van der Waals surface area (Å²) in [5.41, 5.74) is 0.314. The Bertz CT molecular complexity index is 863. The molecular weight excluding hydrogens is 396 g/mol. The third-order valence-corrected chi connectivity index (χ3v) is 5.07. The largest absolute Gasteiger partial charge is 0.380 e. The maximum absolute atomic E-state index is 13.8. The second kappa shape index (κ2) is 8.10. The van der Waals surface area contributed by atoms with Gasteiger partial charge in [0.2, 0.25) is 0 Å². The third kappa shape index (κ3) is 4.31. The monoisotopic (exact) mass is 411 g/mol. The number of likely N-dealkylation sites (tertiary alicyclic amines) is 1. The average Bonchev–Trinajstić information content (AvgIpc) is 2.65. The van der Waals surface area contributed by atoms with Gasteiger partial charge in [0, 0.05) is 31.3 Å². The number of rotatable bonds is 4. The molecule has 0 spiro atoms. The molecule has 1 saturated heterocycles. The van der Waals surface area contributed by atoms with Gasteiger partial charge < -0.3 is 10.2 Å². The van der Waals surface area contributed by atoms with E-state index in [9.17, 15) is 19.3 Å². The van der Waals surface area contributed by atoms with Gasteiger partial charge >= 0.3 is 0 Å². The van der Waals surface area contributed by atoms with Crippen LogP contribution in [0.2, 0.25) is 10.0 Å². The molecule has 1 N–H and O–H groups in total. The van der Waals surface area contributed by atoms with Crippen LogP contribution in [-0.4, -0.2) is 34.9 Å². The fraction of sp³-hybridized carbons (Fsp3) is 0.278. The molecule has 3 rings (SSSR count). The fourth-order valence-corrected chi connectivity index (χ4v) is 3.62. The Morgan fingerprint density at radius 2 is 1.78 bits per heavy atom. The second-order valence-corrected chi connectivity index (χ2v) is 7.05. The maximum Gasteiger partial charge on any atom is 0.272 e. The van der Waals surface area contributed by atoms with Crippen molar-refractivity contribution in [1.29, 1.82) is 0 Å². The minimum atomic E-state index is -0.561. The molecule has 1 amide bonds. The van der Waals surface area contributed by atoms with Crippen molar-refractivity contribution in [3.8, 4) is 0 Å². The Balaban J connectivity index is 1.64. The normalized spacial score (nSPS) is 14.9. The summed E-state index contributed by atoms with van der Waals surface area (Å²) in [5, 5.41) is 14.4. The van der Waals surface area contributed by atoms with Crippen LogP contribution in [0.3, 0.4) is 0 Å². The lowest BCUT2D eigenvalue weighted by Crippen LogP contribution is -2.42. The van der Waals surface area contributed by atoms with Gasteiger partial charge in [-0.3, -0.25) is 14.9 Å². The molecule has 0 atom stereocenters. The zero-order valence-corrected chi connectivity index (χ0v) is 15.6. The Kier molecular flexibility index (Phi) is 5.82. The van der Waals surface area contributed by atoms with E-state index in [0.29, 0.717) is 31.6 Å². The van der Waals surface area contributed by atoms with Crippen LogP contribution < -0.4 is 5.32 Å². The van der Waals surface area contributed by atoms with E-state index in [1.807, 2.05) is 0 Å². The molecular formula is C18H16Cl2FN3O3. The highest BCUT2D eigenvalue weighted by Crippen LogP contribution is 2.36. The molecule has 1 aliphatic heterocycles. The van der Waals surface area contributed by atoms with Gasteiger partial charge in [-0.05, 0) is 25.0 Å². The summed E-state index contributed by atoms with van der Waals surface area (Å²) in [7, 11) is 0. The van der Waals surface area contributed by atoms with Crippen LogP contribution in [0.15, 0.2) is 36.4 Å². The smallest absolute Gasteiger partial charge is 0.272 e. The molecule has 1 fully saturated rings. The number of hydrogen-bond donors (Lipinski definition) is 1. The van der Waals surface area contributed by atoms with Crippen molar-refractivity contribution in [3.05, 3.63) is 67.9 Å². The van der Waals surface area contributed by atoms with Crippen LogP contribution >= 0.6 is 23.2 Å². The van der Waals surface area contributed by atoms with E-state index >= 15 is 0 Å². The van der Waals surface area contributed by atoms with Gasteiger partial charge in [-0.2, -0.15) is 0 Å². The number of halogens is 3. The van der Waals surface area contributed by atoms with Crippen molar-refractivity contribution in [2.45, 2.75) is 18.9 Å². The Hall–Kier alpha value is -2.38. The van der Waals surface area contributed by atoms with Crippen LogP contribution in [0.5, 0.6) is 0 Å². The molecule has 1 aliphatic rings. The molecule has 1 heterocycles. The zero-order valence-electron chi connectivity index (χ0n) is 14.1. The van der Waals surface area contributed by atoms with Crippen LogP contribution in [-0.2, 0) is 0 Å². The quantitative estimate of drug-likeness (QED) is 0.581. The lowest BCUT2D eigenvalue weighted by molar-refractivity contribution is -0.384. The molecule has 0 saturated carbocycles.